The highest BCUT2D eigenvalue weighted by Gasteiger charge is 2.27. The van der Waals surface area contributed by atoms with E-state index in [1.54, 1.807) is 13.8 Å². The van der Waals surface area contributed by atoms with Crippen molar-refractivity contribution >= 4 is 11.7 Å². The molecule has 2 N–H and O–H groups in total. The molecule has 0 aliphatic carbocycles. The predicted octanol–water partition coefficient (Wildman–Crippen LogP) is 2.62. The minimum absolute atomic E-state index is 0.453. The van der Waals surface area contributed by atoms with Gasteiger partial charge in [-0.2, -0.15) is 5.26 Å². The lowest BCUT2D eigenvalue weighted by Crippen LogP contribution is -2.43. The highest BCUT2D eigenvalue weighted by Crippen LogP contribution is 2.22. The van der Waals surface area contributed by atoms with Gasteiger partial charge in [-0.25, -0.2) is 0 Å². The molecule has 124 valence electrons. The predicted molar refractivity (Wildman–Crippen MR) is 90.4 cm³/mol. The zero-order valence-electron chi connectivity index (χ0n) is 13.9. The molecule has 0 aromatic heterocycles. The van der Waals surface area contributed by atoms with Crippen LogP contribution in [-0.4, -0.2) is 36.8 Å². The lowest BCUT2D eigenvalue weighted by atomic mass is 9.89. The first-order chi connectivity index (χ1) is 10.9. The number of anilines is 1. The third-order valence-corrected chi connectivity index (χ3v) is 4.62. The number of nitrogens with one attached hydrogen (secondary N) is 1. The number of hydrogen-bond donors (Lipinski definition) is 2. The number of hydrogen-bond acceptors (Lipinski definition) is 4. The second kappa shape index (κ2) is 7.47. The number of piperidine rings is 1. The quantitative estimate of drug-likeness (QED) is 0.844. The first kappa shape index (κ1) is 17.3. The van der Waals surface area contributed by atoms with Crippen molar-refractivity contribution in [3.63, 3.8) is 0 Å². The Morgan fingerprint density at radius 3 is 2.48 bits per heavy atom. The Bertz CT molecular complexity index is 567. The summed E-state index contributed by atoms with van der Waals surface area (Å²) in [5.74, 6) is -0.741. The number of benzene rings is 1. The first-order valence-corrected chi connectivity index (χ1v) is 8.14. The van der Waals surface area contributed by atoms with Crippen molar-refractivity contribution in [2.75, 3.05) is 24.5 Å². The Kier molecular flexibility index (Phi) is 5.62. The molecule has 23 heavy (non-hydrogen) atoms. The van der Waals surface area contributed by atoms with Gasteiger partial charge in [-0.05, 0) is 63.9 Å². The van der Waals surface area contributed by atoms with Crippen LogP contribution in [0.5, 0.6) is 0 Å². The molecule has 1 aliphatic heterocycles. The molecule has 0 atom stereocenters. The molecular formula is C18H25N3O2. The van der Waals surface area contributed by atoms with Gasteiger partial charge in [-0.15, -0.1) is 0 Å². The molecule has 5 nitrogen and oxygen atoms in total. The number of carboxylic acid groups (broad SMARTS) is 1. The van der Waals surface area contributed by atoms with Crippen LogP contribution in [0.3, 0.4) is 0 Å². The van der Waals surface area contributed by atoms with E-state index in [2.05, 4.69) is 16.3 Å². The lowest BCUT2D eigenvalue weighted by molar-refractivity contribution is -0.147. The Labute approximate surface area is 137 Å². The van der Waals surface area contributed by atoms with E-state index in [9.17, 15) is 4.79 Å². The number of aliphatic carboxylic acids is 1. The summed E-state index contributed by atoms with van der Waals surface area (Å²) in [7, 11) is 0. The second-order valence-electron chi connectivity index (χ2n) is 6.81. The summed E-state index contributed by atoms with van der Waals surface area (Å²) in [6, 6.07) is 10.3. The van der Waals surface area contributed by atoms with Crippen molar-refractivity contribution in [3.05, 3.63) is 29.8 Å². The Balaban J connectivity index is 1.75. The van der Waals surface area contributed by atoms with Gasteiger partial charge in [0.25, 0.3) is 0 Å². The Morgan fingerprint density at radius 1 is 1.35 bits per heavy atom. The largest absolute Gasteiger partial charge is 0.481 e. The molecule has 0 saturated carbocycles. The number of nitrogens with zero attached hydrogens (tertiary/aromatic N) is 2. The number of carbonyl (C=O) groups is 1. The fourth-order valence-corrected chi connectivity index (χ4v) is 2.78. The minimum Gasteiger partial charge on any atom is -0.481 e. The van der Waals surface area contributed by atoms with E-state index < -0.39 is 11.4 Å². The highest BCUT2D eigenvalue weighted by atomic mass is 16.4. The number of nitriles is 1. The minimum atomic E-state index is -0.741. The van der Waals surface area contributed by atoms with Crippen molar-refractivity contribution in [3.8, 4) is 6.07 Å². The molecule has 1 saturated heterocycles. The van der Waals surface area contributed by atoms with Gasteiger partial charge in [0.1, 0.15) is 0 Å². The molecule has 0 bridgehead atoms. The number of rotatable bonds is 6. The van der Waals surface area contributed by atoms with Crippen LogP contribution >= 0.6 is 0 Å². The van der Waals surface area contributed by atoms with Gasteiger partial charge in [0.2, 0.25) is 0 Å². The van der Waals surface area contributed by atoms with Gasteiger partial charge in [0.15, 0.2) is 0 Å². The van der Waals surface area contributed by atoms with Gasteiger partial charge in [-0.1, -0.05) is 0 Å². The fourth-order valence-electron chi connectivity index (χ4n) is 2.78. The Hall–Kier alpha value is -2.06. The summed E-state index contributed by atoms with van der Waals surface area (Å²) in [5, 5.41) is 21.5. The van der Waals surface area contributed by atoms with Crippen molar-refractivity contribution in [2.45, 2.75) is 39.2 Å². The molecule has 1 fully saturated rings. The van der Waals surface area contributed by atoms with E-state index in [4.69, 9.17) is 10.4 Å². The summed E-state index contributed by atoms with van der Waals surface area (Å²) in [4.78, 5) is 13.4. The number of carboxylic acids is 1. The van der Waals surface area contributed by atoms with E-state index in [1.165, 1.54) is 0 Å². The summed E-state index contributed by atoms with van der Waals surface area (Å²) in [6.45, 7) is 6.23. The third-order valence-electron chi connectivity index (χ3n) is 4.62. The topological polar surface area (TPSA) is 76.4 Å². The second-order valence-corrected chi connectivity index (χ2v) is 6.81. The van der Waals surface area contributed by atoms with Gasteiger partial charge < -0.3 is 15.3 Å². The Morgan fingerprint density at radius 2 is 1.96 bits per heavy atom. The van der Waals surface area contributed by atoms with Gasteiger partial charge in [-0.3, -0.25) is 4.79 Å². The van der Waals surface area contributed by atoms with Crippen molar-refractivity contribution in [1.29, 1.82) is 5.26 Å². The van der Waals surface area contributed by atoms with Crippen molar-refractivity contribution in [1.82, 2.24) is 5.32 Å². The molecule has 0 amide bonds. The molecule has 1 heterocycles. The van der Waals surface area contributed by atoms with Gasteiger partial charge in [0, 0.05) is 24.8 Å². The van der Waals surface area contributed by atoms with Crippen LogP contribution in [-0.2, 0) is 4.79 Å². The molecular weight excluding hydrogens is 290 g/mol. The van der Waals surface area contributed by atoms with E-state index in [0.717, 1.165) is 38.2 Å². The highest BCUT2D eigenvalue weighted by molar-refractivity contribution is 5.73. The molecule has 1 aromatic rings. The maximum atomic E-state index is 11.1. The summed E-state index contributed by atoms with van der Waals surface area (Å²) in [6.07, 6.45) is 2.74. The van der Waals surface area contributed by atoms with Gasteiger partial charge in [0.05, 0.1) is 17.0 Å². The maximum absolute atomic E-state index is 11.1. The maximum Gasteiger partial charge on any atom is 0.309 e. The van der Waals surface area contributed by atoms with Crippen LogP contribution < -0.4 is 10.2 Å². The normalized spacial score (nSPS) is 16.1. The summed E-state index contributed by atoms with van der Waals surface area (Å²) in [5.41, 5.74) is 1.18. The van der Waals surface area contributed by atoms with Gasteiger partial charge >= 0.3 is 5.97 Å². The van der Waals surface area contributed by atoms with Crippen LogP contribution in [0.1, 0.15) is 38.7 Å². The van der Waals surface area contributed by atoms with Crippen LogP contribution in [0.15, 0.2) is 24.3 Å². The average molecular weight is 315 g/mol. The molecule has 0 unspecified atom stereocenters. The molecule has 1 aromatic carbocycles. The van der Waals surface area contributed by atoms with E-state index in [-0.39, 0.29) is 0 Å². The van der Waals surface area contributed by atoms with E-state index in [1.807, 2.05) is 24.3 Å². The van der Waals surface area contributed by atoms with Crippen LogP contribution in [0.25, 0.3) is 0 Å². The first-order valence-electron chi connectivity index (χ1n) is 8.14. The van der Waals surface area contributed by atoms with Crippen molar-refractivity contribution < 1.29 is 9.90 Å². The lowest BCUT2D eigenvalue weighted by Gasteiger charge is -2.34. The zero-order chi connectivity index (χ0) is 16.9. The zero-order valence-corrected chi connectivity index (χ0v) is 13.9. The van der Waals surface area contributed by atoms with Crippen LogP contribution in [0.4, 0.5) is 5.69 Å². The molecule has 5 heteroatoms. The smallest absolute Gasteiger partial charge is 0.309 e. The molecule has 0 radical (unpaired) electrons. The van der Waals surface area contributed by atoms with E-state index in [0.29, 0.717) is 18.0 Å². The standard InChI is InChI=1S/C18H25N3O2/c1-18(2,17(22)23)9-10-20-15-7-11-21(12-8-15)16-5-3-14(13-19)4-6-16/h3-6,15,20H,7-12H2,1-2H3,(H,22,23). The summed E-state index contributed by atoms with van der Waals surface area (Å²) < 4.78 is 0. The third kappa shape index (κ3) is 4.70. The fraction of sp³-hybridized carbons (Fsp3) is 0.556. The average Bonchev–Trinajstić information content (AvgIpc) is 2.55. The van der Waals surface area contributed by atoms with E-state index >= 15 is 0 Å². The SMILES string of the molecule is CC(C)(CCNC1CCN(c2ccc(C#N)cc2)CC1)C(=O)O. The molecule has 0 spiro atoms. The summed E-state index contributed by atoms with van der Waals surface area (Å²) >= 11 is 0. The monoisotopic (exact) mass is 315 g/mol. The molecule has 1 aliphatic rings. The van der Waals surface area contributed by atoms with Crippen molar-refractivity contribution in [2.24, 2.45) is 5.41 Å². The van der Waals surface area contributed by atoms with Crippen LogP contribution in [0, 0.1) is 16.7 Å². The van der Waals surface area contributed by atoms with Crippen LogP contribution in [0.2, 0.25) is 0 Å². The molecule has 2 rings (SSSR count).